The molecule has 1 aliphatic heterocycles. The first kappa shape index (κ1) is 10.7. The van der Waals surface area contributed by atoms with Gasteiger partial charge in [-0.15, -0.1) is 23.5 Å². The van der Waals surface area contributed by atoms with Gasteiger partial charge in [0.25, 0.3) is 0 Å². The van der Waals surface area contributed by atoms with Gasteiger partial charge in [0, 0.05) is 16.8 Å². The van der Waals surface area contributed by atoms with Crippen molar-refractivity contribution in [1.82, 2.24) is 0 Å². The predicted molar refractivity (Wildman–Crippen MR) is 68.1 cm³/mol. The van der Waals surface area contributed by atoms with Gasteiger partial charge in [-0.2, -0.15) is 0 Å². The Morgan fingerprint density at radius 2 is 2.14 bits per heavy atom. The maximum Gasteiger partial charge on any atom is 0.0755 e. The molecule has 0 saturated carbocycles. The van der Waals surface area contributed by atoms with Crippen molar-refractivity contribution in [2.45, 2.75) is 9.83 Å². The van der Waals surface area contributed by atoms with Crippen LogP contribution in [0.15, 0.2) is 30.3 Å². The highest BCUT2D eigenvalue weighted by molar-refractivity contribution is 8.20. The summed E-state index contributed by atoms with van der Waals surface area (Å²) in [6.45, 7) is 0. The van der Waals surface area contributed by atoms with Crippen LogP contribution in [0.25, 0.3) is 0 Å². The molecule has 0 radical (unpaired) electrons. The van der Waals surface area contributed by atoms with Crippen LogP contribution in [0.3, 0.4) is 0 Å². The third-order valence-electron chi connectivity index (χ3n) is 2.08. The van der Waals surface area contributed by atoms with E-state index in [9.17, 15) is 0 Å². The van der Waals surface area contributed by atoms with Crippen LogP contribution in [0.5, 0.6) is 0 Å². The largest absolute Gasteiger partial charge is 0.330 e. The summed E-state index contributed by atoms with van der Waals surface area (Å²) in [5, 5.41) is 0.597. The Labute approximate surface area is 97.3 Å². The second kappa shape index (κ2) is 5.35. The second-order valence-corrected chi connectivity index (χ2v) is 6.57. The van der Waals surface area contributed by atoms with Crippen molar-refractivity contribution >= 4 is 35.6 Å². The van der Waals surface area contributed by atoms with Gasteiger partial charge in [0.2, 0.25) is 0 Å². The fraction of sp³-hybridized carbons (Fsp3) is 0.400. The Morgan fingerprint density at radius 3 is 2.86 bits per heavy atom. The average Bonchev–Trinajstić information content (AvgIpc) is 2.68. The van der Waals surface area contributed by atoms with Crippen molar-refractivity contribution in [3.8, 4) is 0 Å². The quantitative estimate of drug-likeness (QED) is 0.817. The Bertz CT molecular complexity index is 278. The zero-order valence-corrected chi connectivity index (χ0v) is 10.1. The van der Waals surface area contributed by atoms with E-state index in [0.717, 1.165) is 23.5 Å². The van der Waals surface area contributed by atoms with E-state index in [-0.39, 0.29) is 0 Å². The van der Waals surface area contributed by atoms with Gasteiger partial charge < -0.3 is 4.55 Å². The van der Waals surface area contributed by atoms with Crippen molar-refractivity contribution in [1.29, 1.82) is 0 Å². The van der Waals surface area contributed by atoms with E-state index in [1.807, 2.05) is 23.5 Å². The van der Waals surface area contributed by atoms with Crippen LogP contribution in [0.4, 0.5) is 0 Å². The van der Waals surface area contributed by atoms with Gasteiger partial charge >= 0.3 is 0 Å². The molecule has 14 heavy (non-hydrogen) atoms. The Kier molecular flexibility index (Phi) is 4.10. The lowest BCUT2D eigenvalue weighted by atomic mass is 10.2. The Balaban J connectivity index is 1.96. The minimum Gasteiger partial charge on any atom is -0.330 e. The first-order valence-corrected chi connectivity index (χ1v) is 7.42. The van der Waals surface area contributed by atoms with Crippen LogP contribution in [0, 0.1) is 0 Å². The summed E-state index contributed by atoms with van der Waals surface area (Å²) in [5.74, 6) is 2.00. The minimum atomic E-state index is 0.563. The molecule has 0 bridgehead atoms. The summed E-state index contributed by atoms with van der Waals surface area (Å²) in [4.78, 5) is 0. The van der Waals surface area contributed by atoms with E-state index < -0.39 is 0 Å². The van der Waals surface area contributed by atoms with Crippen molar-refractivity contribution in [3.05, 3.63) is 35.9 Å². The molecule has 1 N–H and O–H groups in total. The smallest absolute Gasteiger partial charge is 0.0755 e. The van der Waals surface area contributed by atoms with Gasteiger partial charge in [-0.3, -0.25) is 0 Å². The lowest BCUT2D eigenvalue weighted by molar-refractivity contribution is 0.663. The number of thioether (sulfide) groups is 2. The number of hydrogen-bond donors (Lipinski definition) is 1. The van der Waals surface area contributed by atoms with E-state index in [1.54, 1.807) is 0 Å². The zero-order valence-electron chi connectivity index (χ0n) is 7.63. The number of benzene rings is 1. The van der Waals surface area contributed by atoms with Gasteiger partial charge in [0.05, 0.1) is 4.58 Å². The standard InChI is InChI=1S/C10H12OS3/c11-13-7-9-6-12-10(14-9)8-4-2-1-3-5-8/h1-5,9-11H,6-7H2. The molecule has 1 aromatic carbocycles. The van der Waals surface area contributed by atoms with Crippen LogP contribution < -0.4 is 0 Å². The van der Waals surface area contributed by atoms with Crippen LogP contribution in [-0.2, 0) is 0 Å². The molecule has 2 unspecified atom stereocenters. The summed E-state index contributed by atoms with van der Waals surface area (Å²) < 4.78 is 9.34. The SMILES string of the molecule is OSCC1CSC(c2ccccc2)S1. The molecule has 0 aliphatic carbocycles. The van der Waals surface area contributed by atoms with E-state index in [1.165, 1.54) is 5.56 Å². The molecule has 2 atom stereocenters. The van der Waals surface area contributed by atoms with Crippen molar-refractivity contribution in [2.75, 3.05) is 11.5 Å². The van der Waals surface area contributed by atoms with E-state index in [4.69, 9.17) is 4.55 Å². The molecule has 0 amide bonds. The molecule has 4 heteroatoms. The highest BCUT2D eigenvalue weighted by Crippen LogP contribution is 2.49. The molecule has 1 aromatic rings. The molecule has 1 aliphatic rings. The maximum absolute atomic E-state index is 8.78. The molecule has 1 nitrogen and oxygen atoms in total. The fourth-order valence-corrected chi connectivity index (χ4v) is 5.43. The predicted octanol–water partition coefficient (Wildman–Crippen LogP) is 3.74. The Hall–Kier alpha value is 0.230. The molecule has 1 heterocycles. The molecule has 2 rings (SSSR count). The van der Waals surface area contributed by atoms with Gasteiger partial charge in [0.1, 0.15) is 0 Å². The monoisotopic (exact) mass is 244 g/mol. The molecule has 1 saturated heterocycles. The lowest BCUT2D eigenvalue weighted by Gasteiger charge is -2.08. The van der Waals surface area contributed by atoms with Crippen LogP contribution in [0.2, 0.25) is 0 Å². The molecular weight excluding hydrogens is 232 g/mol. The van der Waals surface area contributed by atoms with Crippen molar-refractivity contribution < 1.29 is 4.55 Å². The van der Waals surface area contributed by atoms with Crippen molar-refractivity contribution in [2.24, 2.45) is 0 Å². The van der Waals surface area contributed by atoms with Gasteiger partial charge in [-0.25, -0.2) is 0 Å². The third kappa shape index (κ3) is 2.63. The van der Waals surface area contributed by atoms with Crippen LogP contribution in [-0.4, -0.2) is 21.3 Å². The maximum atomic E-state index is 8.78. The van der Waals surface area contributed by atoms with E-state index >= 15 is 0 Å². The first-order valence-electron chi connectivity index (χ1n) is 4.48. The molecule has 76 valence electrons. The summed E-state index contributed by atoms with van der Waals surface area (Å²) in [6.07, 6.45) is 0. The number of rotatable bonds is 3. The summed E-state index contributed by atoms with van der Waals surface area (Å²) >= 11 is 4.91. The van der Waals surface area contributed by atoms with Gasteiger partial charge in [-0.05, 0) is 17.6 Å². The highest BCUT2D eigenvalue weighted by atomic mass is 32.2. The second-order valence-electron chi connectivity index (χ2n) is 3.13. The molecule has 1 fully saturated rings. The van der Waals surface area contributed by atoms with Gasteiger partial charge in [-0.1, -0.05) is 30.3 Å². The number of hydrogen-bond acceptors (Lipinski definition) is 4. The highest BCUT2D eigenvalue weighted by Gasteiger charge is 2.26. The van der Waals surface area contributed by atoms with Crippen LogP contribution in [0.1, 0.15) is 10.1 Å². The lowest BCUT2D eigenvalue weighted by Crippen LogP contribution is -2.03. The third-order valence-corrected chi connectivity index (χ3v) is 6.20. The zero-order chi connectivity index (χ0) is 9.80. The fourth-order valence-electron chi connectivity index (χ4n) is 1.40. The minimum absolute atomic E-state index is 0.563. The average molecular weight is 244 g/mol. The summed E-state index contributed by atoms with van der Waals surface area (Å²) in [6, 6.07) is 10.6. The Morgan fingerprint density at radius 1 is 1.36 bits per heavy atom. The molecule has 0 aromatic heterocycles. The normalized spacial score (nSPS) is 26.6. The topological polar surface area (TPSA) is 20.2 Å². The molecular formula is C10H12OS3. The van der Waals surface area contributed by atoms with Crippen molar-refractivity contribution in [3.63, 3.8) is 0 Å². The van der Waals surface area contributed by atoms with Gasteiger partial charge in [0.15, 0.2) is 0 Å². The first-order chi connectivity index (χ1) is 6.90. The van der Waals surface area contributed by atoms with Crippen LogP contribution >= 0.6 is 35.6 Å². The molecule has 0 spiro atoms. The van der Waals surface area contributed by atoms with E-state index in [0.29, 0.717) is 9.83 Å². The summed E-state index contributed by atoms with van der Waals surface area (Å²) in [7, 11) is 0. The van der Waals surface area contributed by atoms with E-state index in [2.05, 4.69) is 30.3 Å². The summed E-state index contributed by atoms with van der Waals surface area (Å²) in [5.41, 5.74) is 1.40.